The Morgan fingerprint density at radius 3 is 2.25 bits per heavy atom. The molecule has 2 aromatic carbocycles. The third-order valence-corrected chi connectivity index (χ3v) is 3.58. The van der Waals surface area contributed by atoms with Crippen molar-refractivity contribution in [3.8, 4) is 11.5 Å². The summed E-state index contributed by atoms with van der Waals surface area (Å²) in [6.45, 7) is 1.63. The van der Waals surface area contributed by atoms with Crippen LogP contribution >= 0.6 is 0 Å². The summed E-state index contributed by atoms with van der Waals surface area (Å²) in [5.41, 5.74) is 0.426. The summed E-state index contributed by atoms with van der Waals surface area (Å²) < 4.78 is 15.8. The normalized spacial score (nSPS) is 11.1. The number of para-hydroxylation sites is 2. The van der Waals surface area contributed by atoms with E-state index in [1.54, 1.807) is 61.5 Å². The zero-order chi connectivity index (χ0) is 20.4. The van der Waals surface area contributed by atoms with E-state index in [-0.39, 0.29) is 0 Å². The monoisotopic (exact) mass is 386 g/mol. The molecule has 2 N–H and O–H groups in total. The van der Waals surface area contributed by atoms with Crippen LogP contribution in [-0.2, 0) is 14.3 Å². The standard InChI is InChI=1S/C20H22N2O6/c1-3-21-20(25)22-19(24)18(14-9-5-4-6-10-14)28-17(23)13-27-16-12-8-7-11-15(16)26-2/h4-12,18H,3,13H2,1-2H3,(H2,21,22,24,25)/t18-/m0/s1. The lowest BCUT2D eigenvalue weighted by Crippen LogP contribution is -2.42. The van der Waals surface area contributed by atoms with E-state index < -0.39 is 30.6 Å². The number of carbonyl (C=O) groups excluding carboxylic acids is 3. The first-order valence-electron chi connectivity index (χ1n) is 8.64. The number of hydrogen-bond acceptors (Lipinski definition) is 6. The zero-order valence-corrected chi connectivity index (χ0v) is 15.6. The van der Waals surface area contributed by atoms with Crippen LogP contribution in [0.5, 0.6) is 11.5 Å². The van der Waals surface area contributed by atoms with Gasteiger partial charge >= 0.3 is 12.0 Å². The van der Waals surface area contributed by atoms with Gasteiger partial charge in [0.15, 0.2) is 18.1 Å². The van der Waals surface area contributed by atoms with Gasteiger partial charge in [-0.15, -0.1) is 0 Å². The number of imide groups is 1. The van der Waals surface area contributed by atoms with E-state index in [9.17, 15) is 14.4 Å². The van der Waals surface area contributed by atoms with Gasteiger partial charge in [0.05, 0.1) is 7.11 Å². The predicted octanol–water partition coefficient (Wildman–Crippen LogP) is 2.20. The zero-order valence-electron chi connectivity index (χ0n) is 15.6. The van der Waals surface area contributed by atoms with Crippen LogP contribution in [0.15, 0.2) is 54.6 Å². The lowest BCUT2D eigenvalue weighted by Gasteiger charge is -2.18. The quantitative estimate of drug-likeness (QED) is 0.675. The van der Waals surface area contributed by atoms with Crippen LogP contribution in [0.2, 0.25) is 0 Å². The summed E-state index contributed by atoms with van der Waals surface area (Å²) in [5, 5.41) is 4.60. The molecule has 28 heavy (non-hydrogen) atoms. The number of rotatable bonds is 8. The van der Waals surface area contributed by atoms with Crippen LogP contribution in [0.25, 0.3) is 0 Å². The van der Waals surface area contributed by atoms with Gasteiger partial charge in [0, 0.05) is 12.1 Å². The molecule has 0 saturated heterocycles. The van der Waals surface area contributed by atoms with Crippen molar-refractivity contribution in [2.75, 3.05) is 20.3 Å². The Hall–Kier alpha value is -3.55. The third kappa shape index (κ3) is 6.01. The van der Waals surface area contributed by atoms with E-state index >= 15 is 0 Å². The first-order valence-corrected chi connectivity index (χ1v) is 8.64. The van der Waals surface area contributed by atoms with Crippen molar-refractivity contribution >= 4 is 17.9 Å². The Morgan fingerprint density at radius 2 is 1.61 bits per heavy atom. The van der Waals surface area contributed by atoms with Gasteiger partial charge in [-0.25, -0.2) is 9.59 Å². The summed E-state index contributed by atoms with van der Waals surface area (Å²) in [6.07, 6.45) is -1.29. The van der Waals surface area contributed by atoms with Gasteiger partial charge in [-0.3, -0.25) is 10.1 Å². The van der Waals surface area contributed by atoms with Crippen molar-refractivity contribution in [1.29, 1.82) is 0 Å². The van der Waals surface area contributed by atoms with Crippen LogP contribution in [0.1, 0.15) is 18.6 Å². The fourth-order valence-corrected chi connectivity index (χ4v) is 2.32. The highest BCUT2D eigenvalue weighted by molar-refractivity contribution is 5.97. The summed E-state index contributed by atoms with van der Waals surface area (Å²) >= 11 is 0. The molecule has 0 radical (unpaired) electrons. The number of benzene rings is 2. The Kier molecular flexibility index (Phi) is 7.83. The number of esters is 1. The molecule has 0 fully saturated rings. The second-order valence-electron chi connectivity index (χ2n) is 5.57. The lowest BCUT2D eigenvalue weighted by atomic mass is 10.1. The second-order valence-corrected chi connectivity index (χ2v) is 5.57. The lowest BCUT2D eigenvalue weighted by molar-refractivity contribution is -0.158. The molecule has 2 rings (SSSR count). The van der Waals surface area contributed by atoms with E-state index in [1.807, 2.05) is 0 Å². The average Bonchev–Trinajstić information content (AvgIpc) is 2.71. The maximum absolute atomic E-state index is 12.4. The molecule has 0 aromatic heterocycles. The minimum absolute atomic E-state index is 0.349. The summed E-state index contributed by atoms with van der Waals surface area (Å²) in [6, 6.07) is 14.5. The van der Waals surface area contributed by atoms with Crippen molar-refractivity contribution in [2.45, 2.75) is 13.0 Å². The molecule has 0 unspecified atom stereocenters. The SMILES string of the molecule is CCNC(=O)NC(=O)[C@@H](OC(=O)COc1ccccc1OC)c1ccccc1. The van der Waals surface area contributed by atoms with Gasteiger partial charge < -0.3 is 19.5 Å². The molecule has 0 bridgehead atoms. The van der Waals surface area contributed by atoms with E-state index in [0.717, 1.165) is 0 Å². The molecular formula is C20H22N2O6. The molecule has 0 aliphatic carbocycles. The highest BCUT2D eigenvalue weighted by atomic mass is 16.6. The number of nitrogens with one attached hydrogen (secondary N) is 2. The van der Waals surface area contributed by atoms with Crippen LogP contribution < -0.4 is 20.1 Å². The summed E-state index contributed by atoms with van der Waals surface area (Å²) in [7, 11) is 1.48. The minimum Gasteiger partial charge on any atom is -0.493 e. The molecule has 0 aliphatic rings. The topological polar surface area (TPSA) is 103 Å². The molecule has 0 heterocycles. The number of amides is 3. The molecule has 0 aliphatic heterocycles. The molecule has 0 spiro atoms. The van der Waals surface area contributed by atoms with Crippen molar-refractivity contribution in [1.82, 2.24) is 10.6 Å². The van der Waals surface area contributed by atoms with Crippen molar-refractivity contribution in [2.24, 2.45) is 0 Å². The maximum atomic E-state index is 12.4. The first-order chi connectivity index (χ1) is 13.5. The third-order valence-electron chi connectivity index (χ3n) is 3.58. The van der Waals surface area contributed by atoms with E-state index in [2.05, 4.69) is 10.6 Å². The fourth-order valence-electron chi connectivity index (χ4n) is 2.32. The van der Waals surface area contributed by atoms with Gasteiger partial charge in [-0.1, -0.05) is 42.5 Å². The van der Waals surface area contributed by atoms with Crippen LogP contribution in [-0.4, -0.2) is 38.2 Å². The molecule has 1 atom stereocenters. The Morgan fingerprint density at radius 1 is 0.964 bits per heavy atom. The largest absolute Gasteiger partial charge is 0.493 e. The second kappa shape index (κ2) is 10.6. The molecule has 8 nitrogen and oxygen atoms in total. The van der Waals surface area contributed by atoms with Gasteiger partial charge in [0.25, 0.3) is 5.91 Å². The van der Waals surface area contributed by atoms with Crippen molar-refractivity contribution in [3.05, 3.63) is 60.2 Å². The van der Waals surface area contributed by atoms with Gasteiger partial charge in [-0.2, -0.15) is 0 Å². The highest BCUT2D eigenvalue weighted by Gasteiger charge is 2.26. The summed E-state index contributed by atoms with van der Waals surface area (Å²) in [5.74, 6) is -0.706. The van der Waals surface area contributed by atoms with Crippen molar-refractivity contribution in [3.63, 3.8) is 0 Å². The van der Waals surface area contributed by atoms with E-state index in [1.165, 1.54) is 7.11 Å². The van der Waals surface area contributed by atoms with Gasteiger partial charge in [0.2, 0.25) is 6.10 Å². The first kappa shape index (κ1) is 20.8. The van der Waals surface area contributed by atoms with E-state index in [4.69, 9.17) is 14.2 Å². The van der Waals surface area contributed by atoms with Gasteiger partial charge in [0.1, 0.15) is 0 Å². The van der Waals surface area contributed by atoms with Crippen LogP contribution in [0, 0.1) is 0 Å². The molecular weight excluding hydrogens is 364 g/mol. The molecule has 8 heteroatoms. The summed E-state index contributed by atoms with van der Waals surface area (Å²) in [4.78, 5) is 36.3. The molecule has 148 valence electrons. The average molecular weight is 386 g/mol. The Balaban J connectivity index is 2.06. The Bertz CT molecular complexity index is 809. The molecule has 0 saturated carbocycles. The predicted molar refractivity (Wildman–Crippen MR) is 101 cm³/mol. The molecule has 2 aromatic rings. The number of carbonyl (C=O) groups is 3. The number of urea groups is 1. The van der Waals surface area contributed by atoms with Crippen LogP contribution in [0.4, 0.5) is 4.79 Å². The smallest absolute Gasteiger partial charge is 0.345 e. The fraction of sp³-hybridized carbons (Fsp3) is 0.250. The number of hydrogen-bond donors (Lipinski definition) is 2. The van der Waals surface area contributed by atoms with Crippen molar-refractivity contribution < 1.29 is 28.6 Å². The van der Waals surface area contributed by atoms with Gasteiger partial charge in [-0.05, 0) is 19.1 Å². The molecule has 3 amide bonds. The van der Waals surface area contributed by atoms with E-state index in [0.29, 0.717) is 23.6 Å². The highest BCUT2D eigenvalue weighted by Crippen LogP contribution is 2.26. The maximum Gasteiger partial charge on any atom is 0.345 e. The van der Waals surface area contributed by atoms with Crippen LogP contribution in [0.3, 0.4) is 0 Å². The Labute approximate surface area is 162 Å². The number of methoxy groups -OCH3 is 1. The number of ether oxygens (including phenoxy) is 3. The minimum atomic E-state index is -1.29.